The van der Waals surface area contributed by atoms with Crippen LogP contribution in [0.4, 0.5) is 0 Å². The summed E-state index contributed by atoms with van der Waals surface area (Å²) >= 11 is 0. The fourth-order valence-corrected chi connectivity index (χ4v) is 2.38. The van der Waals surface area contributed by atoms with Crippen LogP contribution in [0.2, 0.25) is 0 Å². The lowest BCUT2D eigenvalue weighted by molar-refractivity contribution is 0.0734. The molecule has 0 saturated heterocycles. The highest BCUT2D eigenvalue weighted by molar-refractivity contribution is 5.91. The Labute approximate surface area is 145 Å². The third kappa shape index (κ3) is 4.47. The van der Waals surface area contributed by atoms with Crippen molar-refractivity contribution in [3.63, 3.8) is 0 Å². The maximum absolute atomic E-state index is 12.4. The molecule has 0 radical (unpaired) electrons. The molecule has 24 heavy (non-hydrogen) atoms. The van der Waals surface area contributed by atoms with E-state index in [4.69, 9.17) is 4.74 Å². The topological polar surface area (TPSA) is 26.3 Å². The van der Waals surface area contributed by atoms with Gasteiger partial charge in [-0.3, -0.25) is 0 Å². The van der Waals surface area contributed by atoms with Crippen LogP contribution < -0.4 is 4.74 Å². The highest BCUT2D eigenvalue weighted by Gasteiger charge is 2.22. The molecule has 128 valence electrons. The SMILES string of the molecule is Cc1ccc(C(=O)Oc2cc(C(C)(C)C)cc(C(C)(C)C)c2)cc1. The van der Waals surface area contributed by atoms with Crippen LogP contribution in [0.1, 0.15) is 68.6 Å². The number of rotatable bonds is 2. The Balaban J connectivity index is 2.38. The zero-order valence-electron chi connectivity index (χ0n) is 15.9. The molecule has 0 aliphatic rings. The molecule has 0 unspecified atom stereocenters. The Morgan fingerprint density at radius 3 is 1.67 bits per heavy atom. The predicted molar refractivity (Wildman–Crippen MR) is 100.0 cm³/mol. The van der Waals surface area contributed by atoms with Crippen LogP contribution in [0.5, 0.6) is 5.75 Å². The maximum Gasteiger partial charge on any atom is 0.343 e. The van der Waals surface area contributed by atoms with E-state index < -0.39 is 0 Å². The first-order chi connectivity index (χ1) is 11.0. The fourth-order valence-electron chi connectivity index (χ4n) is 2.38. The molecule has 0 aliphatic carbocycles. The average Bonchev–Trinajstić information content (AvgIpc) is 2.45. The molecule has 0 saturated carbocycles. The van der Waals surface area contributed by atoms with Crippen molar-refractivity contribution < 1.29 is 9.53 Å². The summed E-state index contributed by atoms with van der Waals surface area (Å²) in [6.45, 7) is 15.0. The largest absolute Gasteiger partial charge is 0.423 e. The van der Waals surface area contributed by atoms with Crippen molar-refractivity contribution in [3.8, 4) is 5.75 Å². The Hall–Kier alpha value is -2.09. The monoisotopic (exact) mass is 324 g/mol. The number of aryl methyl sites for hydroxylation is 1. The van der Waals surface area contributed by atoms with Crippen LogP contribution in [-0.4, -0.2) is 5.97 Å². The lowest BCUT2D eigenvalue weighted by Gasteiger charge is -2.25. The van der Waals surface area contributed by atoms with Gasteiger partial charge < -0.3 is 4.74 Å². The summed E-state index contributed by atoms with van der Waals surface area (Å²) in [5.74, 6) is 0.291. The second-order valence-electron chi connectivity index (χ2n) is 8.50. The first-order valence-electron chi connectivity index (χ1n) is 8.42. The molecule has 0 spiro atoms. The van der Waals surface area contributed by atoms with E-state index in [0.29, 0.717) is 11.3 Å². The molecule has 2 heteroatoms. The zero-order chi connectivity index (χ0) is 18.1. The highest BCUT2D eigenvalue weighted by Crippen LogP contribution is 2.33. The van der Waals surface area contributed by atoms with Gasteiger partial charge in [-0.05, 0) is 53.1 Å². The van der Waals surface area contributed by atoms with E-state index in [1.54, 1.807) is 12.1 Å². The molecule has 2 rings (SSSR count). The Bertz CT molecular complexity index is 694. The normalized spacial score (nSPS) is 12.1. The standard InChI is InChI=1S/C22H28O2/c1-15-8-10-16(11-9-15)20(23)24-19-13-17(21(2,3)4)12-18(14-19)22(5,6)7/h8-14H,1-7H3. The first kappa shape index (κ1) is 18.3. The van der Waals surface area contributed by atoms with Crippen LogP contribution in [0.25, 0.3) is 0 Å². The van der Waals surface area contributed by atoms with Crippen LogP contribution in [0.3, 0.4) is 0 Å². The van der Waals surface area contributed by atoms with Crippen molar-refractivity contribution in [2.75, 3.05) is 0 Å². The zero-order valence-corrected chi connectivity index (χ0v) is 15.9. The molecule has 0 atom stereocenters. The van der Waals surface area contributed by atoms with Gasteiger partial charge in [0.2, 0.25) is 0 Å². The van der Waals surface area contributed by atoms with Gasteiger partial charge in [0.1, 0.15) is 5.75 Å². The highest BCUT2D eigenvalue weighted by atomic mass is 16.5. The molecule has 0 fully saturated rings. The maximum atomic E-state index is 12.4. The van der Waals surface area contributed by atoms with Crippen molar-refractivity contribution in [2.45, 2.75) is 59.3 Å². The summed E-state index contributed by atoms with van der Waals surface area (Å²) < 4.78 is 5.67. The van der Waals surface area contributed by atoms with Crippen LogP contribution >= 0.6 is 0 Å². The molecule has 0 aliphatic heterocycles. The van der Waals surface area contributed by atoms with Crippen molar-refractivity contribution >= 4 is 5.97 Å². The predicted octanol–water partition coefficient (Wildman–Crippen LogP) is 5.81. The third-order valence-electron chi connectivity index (χ3n) is 4.14. The number of ether oxygens (including phenoxy) is 1. The third-order valence-corrected chi connectivity index (χ3v) is 4.14. The number of hydrogen-bond acceptors (Lipinski definition) is 2. The van der Waals surface area contributed by atoms with Gasteiger partial charge >= 0.3 is 5.97 Å². The van der Waals surface area contributed by atoms with Crippen LogP contribution in [-0.2, 0) is 10.8 Å². The summed E-state index contributed by atoms with van der Waals surface area (Å²) in [5.41, 5.74) is 4.01. The molecular formula is C22H28O2. The summed E-state index contributed by atoms with van der Waals surface area (Å²) in [6, 6.07) is 13.6. The molecule has 2 aromatic carbocycles. The van der Waals surface area contributed by atoms with Gasteiger partial charge in [0.05, 0.1) is 5.56 Å². The van der Waals surface area contributed by atoms with E-state index >= 15 is 0 Å². The van der Waals surface area contributed by atoms with Crippen LogP contribution in [0, 0.1) is 6.92 Å². The van der Waals surface area contributed by atoms with Gasteiger partial charge in [-0.25, -0.2) is 4.79 Å². The Morgan fingerprint density at radius 1 is 0.792 bits per heavy atom. The number of carbonyl (C=O) groups excluding carboxylic acids is 1. The van der Waals surface area contributed by atoms with E-state index in [0.717, 1.165) is 5.56 Å². The van der Waals surface area contributed by atoms with E-state index in [-0.39, 0.29) is 16.8 Å². The Kier molecular flexibility index (Phi) is 4.89. The van der Waals surface area contributed by atoms with Crippen molar-refractivity contribution in [2.24, 2.45) is 0 Å². The summed E-state index contributed by atoms with van der Waals surface area (Å²) in [4.78, 5) is 12.4. The molecule has 0 heterocycles. The summed E-state index contributed by atoms with van der Waals surface area (Å²) in [6.07, 6.45) is 0. The molecule has 2 nitrogen and oxygen atoms in total. The van der Waals surface area contributed by atoms with E-state index in [9.17, 15) is 4.79 Å². The van der Waals surface area contributed by atoms with Gasteiger partial charge in [0.15, 0.2) is 0 Å². The van der Waals surface area contributed by atoms with Crippen molar-refractivity contribution in [1.29, 1.82) is 0 Å². The lowest BCUT2D eigenvalue weighted by atomic mass is 9.80. The second kappa shape index (κ2) is 6.43. The smallest absolute Gasteiger partial charge is 0.343 e. The molecule has 2 aromatic rings. The number of carbonyl (C=O) groups is 1. The minimum absolute atomic E-state index is 0.00766. The lowest BCUT2D eigenvalue weighted by Crippen LogP contribution is -2.17. The average molecular weight is 324 g/mol. The van der Waals surface area contributed by atoms with Crippen molar-refractivity contribution in [3.05, 3.63) is 64.7 Å². The fraction of sp³-hybridized carbons (Fsp3) is 0.409. The van der Waals surface area contributed by atoms with Gasteiger partial charge in [0, 0.05) is 0 Å². The summed E-state index contributed by atoms with van der Waals surface area (Å²) in [7, 11) is 0. The molecule has 0 N–H and O–H groups in total. The van der Waals surface area contributed by atoms with Crippen molar-refractivity contribution in [1.82, 2.24) is 0 Å². The first-order valence-corrected chi connectivity index (χ1v) is 8.42. The second-order valence-corrected chi connectivity index (χ2v) is 8.50. The number of esters is 1. The van der Waals surface area contributed by atoms with E-state index in [1.165, 1.54) is 11.1 Å². The summed E-state index contributed by atoms with van der Waals surface area (Å²) in [5, 5.41) is 0. The molecule has 0 bridgehead atoms. The number of hydrogen-bond donors (Lipinski definition) is 0. The molecule has 0 aromatic heterocycles. The van der Waals surface area contributed by atoms with Crippen LogP contribution in [0.15, 0.2) is 42.5 Å². The van der Waals surface area contributed by atoms with Gasteiger partial charge in [-0.2, -0.15) is 0 Å². The minimum Gasteiger partial charge on any atom is -0.423 e. The van der Waals surface area contributed by atoms with E-state index in [2.05, 4.69) is 47.6 Å². The quantitative estimate of drug-likeness (QED) is 0.515. The molecular weight excluding hydrogens is 296 g/mol. The number of benzene rings is 2. The Morgan fingerprint density at radius 2 is 1.25 bits per heavy atom. The minimum atomic E-state index is -0.319. The van der Waals surface area contributed by atoms with Gasteiger partial charge in [-0.15, -0.1) is 0 Å². The molecule has 0 amide bonds. The van der Waals surface area contributed by atoms with E-state index in [1.807, 2.05) is 31.2 Å². The van der Waals surface area contributed by atoms with Gasteiger partial charge in [0.25, 0.3) is 0 Å². The van der Waals surface area contributed by atoms with Gasteiger partial charge in [-0.1, -0.05) is 65.3 Å².